The zero-order valence-electron chi connectivity index (χ0n) is 16.4. The van der Waals surface area contributed by atoms with Gasteiger partial charge < -0.3 is 5.32 Å². The zero-order valence-corrected chi connectivity index (χ0v) is 16.4. The summed E-state index contributed by atoms with van der Waals surface area (Å²) >= 11 is 0. The third-order valence-corrected chi connectivity index (χ3v) is 4.74. The van der Waals surface area contributed by atoms with Crippen molar-refractivity contribution in [1.29, 1.82) is 0 Å². The minimum Gasteiger partial charge on any atom is -0.324 e. The molecule has 6 nitrogen and oxygen atoms in total. The molecule has 4 rings (SSSR count). The topological polar surface area (TPSA) is 76.9 Å². The van der Waals surface area contributed by atoms with E-state index in [1.54, 1.807) is 30.6 Å². The molecule has 0 saturated heterocycles. The Balaban J connectivity index is 1.70. The average molecular weight is 396 g/mol. The largest absolute Gasteiger partial charge is 0.324 e. The average Bonchev–Trinajstić information content (AvgIpc) is 2.77. The molecule has 0 atom stereocenters. The van der Waals surface area contributed by atoms with Crippen molar-refractivity contribution in [3.63, 3.8) is 0 Å². The number of pyridine rings is 1. The van der Waals surface area contributed by atoms with Crippen molar-refractivity contribution < 1.29 is 4.79 Å². The fourth-order valence-electron chi connectivity index (χ4n) is 3.17. The highest BCUT2D eigenvalue weighted by molar-refractivity contribution is 5.92. The van der Waals surface area contributed by atoms with Crippen LogP contribution in [0.2, 0.25) is 0 Å². The van der Waals surface area contributed by atoms with E-state index in [-0.39, 0.29) is 23.7 Å². The Morgan fingerprint density at radius 1 is 1.00 bits per heavy atom. The van der Waals surface area contributed by atoms with Crippen molar-refractivity contribution in [3.8, 4) is 0 Å². The maximum absolute atomic E-state index is 13.1. The van der Waals surface area contributed by atoms with E-state index in [1.165, 1.54) is 4.57 Å². The van der Waals surface area contributed by atoms with Crippen LogP contribution >= 0.6 is 0 Å². The lowest BCUT2D eigenvalue weighted by Gasteiger charge is -2.12. The van der Waals surface area contributed by atoms with Crippen LogP contribution in [0.4, 0.5) is 5.69 Å². The van der Waals surface area contributed by atoms with Crippen LogP contribution in [0.1, 0.15) is 16.8 Å². The van der Waals surface area contributed by atoms with Gasteiger partial charge in [0.25, 0.3) is 5.56 Å². The molecule has 0 aliphatic heterocycles. The molecule has 0 spiro atoms. The summed E-state index contributed by atoms with van der Waals surface area (Å²) in [7, 11) is 0. The molecule has 2 heterocycles. The van der Waals surface area contributed by atoms with Crippen molar-refractivity contribution in [3.05, 3.63) is 100 Å². The summed E-state index contributed by atoms with van der Waals surface area (Å²) in [6.07, 6.45) is 6.83. The minimum absolute atomic E-state index is 0.105. The number of carbonyl (C=O) groups is 1. The van der Waals surface area contributed by atoms with Gasteiger partial charge in [0.1, 0.15) is 12.2 Å². The monoisotopic (exact) mass is 396 g/mol. The van der Waals surface area contributed by atoms with Gasteiger partial charge in [-0.3, -0.25) is 19.1 Å². The Morgan fingerprint density at radius 2 is 1.73 bits per heavy atom. The van der Waals surface area contributed by atoms with Crippen molar-refractivity contribution in [2.45, 2.75) is 13.5 Å². The standard InChI is InChI=1S/C24H20N4O2/c1-17-6-2-3-7-19(17)27-23(29)16-28-22-9-5-4-8-20(22)26-21(24(28)30)11-10-18-12-14-25-15-13-18/h2-15H,16H2,1H3,(H,27,29)/b11-10-. The molecule has 1 amide bonds. The summed E-state index contributed by atoms with van der Waals surface area (Å²) in [5.41, 5.74) is 3.81. The molecule has 2 aromatic heterocycles. The number of hydrogen-bond donors (Lipinski definition) is 1. The SMILES string of the molecule is Cc1ccccc1NC(=O)Cn1c(=O)c(/C=C\c2ccncc2)nc2ccccc21. The Morgan fingerprint density at radius 3 is 2.53 bits per heavy atom. The second-order valence-electron chi connectivity index (χ2n) is 6.85. The molecule has 0 fully saturated rings. The third kappa shape index (κ3) is 4.17. The van der Waals surface area contributed by atoms with Crippen LogP contribution in [-0.4, -0.2) is 20.4 Å². The normalized spacial score (nSPS) is 11.1. The lowest BCUT2D eigenvalue weighted by molar-refractivity contribution is -0.116. The molecule has 0 unspecified atom stereocenters. The molecule has 30 heavy (non-hydrogen) atoms. The molecule has 0 radical (unpaired) electrons. The van der Waals surface area contributed by atoms with Gasteiger partial charge >= 0.3 is 0 Å². The van der Waals surface area contributed by atoms with Gasteiger partial charge in [0.05, 0.1) is 11.0 Å². The maximum atomic E-state index is 13.1. The van der Waals surface area contributed by atoms with Gasteiger partial charge in [0.2, 0.25) is 5.91 Å². The number of anilines is 1. The highest BCUT2D eigenvalue weighted by atomic mass is 16.2. The number of para-hydroxylation sites is 3. The van der Waals surface area contributed by atoms with E-state index in [4.69, 9.17) is 0 Å². The predicted octanol–water partition coefficient (Wildman–Crippen LogP) is 3.91. The second kappa shape index (κ2) is 8.53. The lowest BCUT2D eigenvalue weighted by Crippen LogP contribution is -2.30. The molecular weight excluding hydrogens is 376 g/mol. The van der Waals surface area contributed by atoms with Crippen LogP contribution in [0.3, 0.4) is 0 Å². The first kappa shape index (κ1) is 19.3. The van der Waals surface area contributed by atoms with E-state index >= 15 is 0 Å². The van der Waals surface area contributed by atoms with Crippen LogP contribution in [0.5, 0.6) is 0 Å². The second-order valence-corrected chi connectivity index (χ2v) is 6.85. The van der Waals surface area contributed by atoms with Crippen LogP contribution in [0, 0.1) is 6.92 Å². The number of benzene rings is 2. The first-order valence-electron chi connectivity index (χ1n) is 9.55. The molecule has 0 saturated carbocycles. The Bertz CT molecular complexity index is 1290. The van der Waals surface area contributed by atoms with Crippen molar-refractivity contribution in [1.82, 2.24) is 14.5 Å². The smallest absolute Gasteiger partial charge is 0.277 e. The molecule has 6 heteroatoms. The van der Waals surface area contributed by atoms with Crippen LogP contribution < -0.4 is 10.9 Å². The highest BCUT2D eigenvalue weighted by Gasteiger charge is 2.13. The van der Waals surface area contributed by atoms with E-state index in [2.05, 4.69) is 15.3 Å². The van der Waals surface area contributed by atoms with Gasteiger partial charge in [-0.25, -0.2) is 4.98 Å². The summed E-state index contributed by atoms with van der Waals surface area (Å²) in [5.74, 6) is -0.271. The van der Waals surface area contributed by atoms with Gasteiger partial charge in [-0.1, -0.05) is 36.4 Å². The number of nitrogens with one attached hydrogen (secondary N) is 1. The molecule has 0 bridgehead atoms. The van der Waals surface area contributed by atoms with Crippen molar-refractivity contribution in [2.75, 3.05) is 5.32 Å². The van der Waals surface area contributed by atoms with Gasteiger partial charge in [-0.15, -0.1) is 0 Å². The zero-order chi connectivity index (χ0) is 20.9. The number of fused-ring (bicyclic) bond motifs is 1. The number of hydrogen-bond acceptors (Lipinski definition) is 4. The number of rotatable bonds is 5. The summed E-state index contributed by atoms with van der Waals surface area (Å²) in [5, 5.41) is 2.88. The number of carbonyl (C=O) groups excluding carboxylic acids is 1. The van der Waals surface area contributed by atoms with Crippen LogP contribution in [0.25, 0.3) is 23.2 Å². The molecule has 0 aliphatic rings. The van der Waals surface area contributed by atoms with E-state index < -0.39 is 0 Å². The molecule has 1 N–H and O–H groups in total. The third-order valence-electron chi connectivity index (χ3n) is 4.74. The quantitative estimate of drug-likeness (QED) is 0.555. The number of nitrogens with zero attached hydrogens (tertiary/aromatic N) is 3. The first-order valence-corrected chi connectivity index (χ1v) is 9.55. The predicted molar refractivity (Wildman–Crippen MR) is 119 cm³/mol. The van der Waals surface area contributed by atoms with E-state index in [0.29, 0.717) is 11.0 Å². The first-order chi connectivity index (χ1) is 14.6. The fourth-order valence-corrected chi connectivity index (χ4v) is 3.17. The van der Waals surface area contributed by atoms with Gasteiger partial charge in [0.15, 0.2) is 0 Å². The summed E-state index contributed by atoms with van der Waals surface area (Å²) in [6, 6.07) is 18.5. The van der Waals surface area contributed by atoms with Crippen molar-refractivity contribution >= 4 is 34.8 Å². The number of amides is 1. The van der Waals surface area contributed by atoms with Gasteiger partial charge in [-0.2, -0.15) is 0 Å². The van der Waals surface area contributed by atoms with E-state index in [0.717, 1.165) is 16.8 Å². The molecule has 148 valence electrons. The highest BCUT2D eigenvalue weighted by Crippen LogP contribution is 2.15. The van der Waals surface area contributed by atoms with Crippen LogP contribution in [0.15, 0.2) is 77.9 Å². The maximum Gasteiger partial charge on any atom is 0.277 e. The molecule has 4 aromatic rings. The summed E-state index contributed by atoms with van der Waals surface area (Å²) in [6.45, 7) is 1.82. The molecule has 0 aliphatic carbocycles. The Labute approximate surface area is 173 Å². The van der Waals surface area contributed by atoms with Crippen molar-refractivity contribution in [2.24, 2.45) is 0 Å². The van der Waals surface area contributed by atoms with Crippen LogP contribution in [-0.2, 0) is 11.3 Å². The van der Waals surface area contributed by atoms with Gasteiger partial charge in [0, 0.05) is 18.1 Å². The van der Waals surface area contributed by atoms with E-state index in [1.807, 2.05) is 61.5 Å². The summed E-state index contributed by atoms with van der Waals surface area (Å²) in [4.78, 5) is 34.3. The number of aromatic nitrogens is 3. The fraction of sp³-hybridized carbons (Fsp3) is 0.0833. The molecule has 2 aromatic carbocycles. The lowest BCUT2D eigenvalue weighted by atomic mass is 10.2. The Hall–Kier alpha value is -4.06. The Kier molecular flexibility index (Phi) is 5.48. The minimum atomic E-state index is -0.320. The number of aryl methyl sites for hydroxylation is 1. The van der Waals surface area contributed by atoms with Gasteiger partial charge in [-0.05, 0) is 54.5 Å². The van der Waals surface area contributed by atoms with E-state index in [9.17, 15) is 9.59 Å². The summed E-state index contributed by atoms with van der Waals surface area (Å²) < 4.78 is 1.46. The molecular formula is C24H20N4O2.